The van der Waals surface area contributed by atoms with Crippen LogP contribution in [0.4, 0.5) is 11.5 Å². The number of carboxylic acids is 1. The lowest BCUT2D eigenvalue weighted by Gasteiger charge is -2.22. The first-order chi connectivity index (χ1) is 9.52. The van der Waals surface area contributed by atoms with Crippen molar-refractivity contribution < 1.29 is 9.90 Å². The summed E-state index contributed by atoms with van der Waals surface area (Å²) >= 11 is 11.6. The summed E-state index contributed by atoms with van der Waals surface area (Å²) in [5, 5.41) is 9.43. The van der Waals surface area contributed by atoms with Crippen molar-refractivity contribution in [3.05, 3.63) is 46.3 Å². The van der Waals surface area contributed by atoms with Crippen LogP contribution in [0.5, 0.6) is 0 Å². The number of carboxylic acid groups (broad SMARTS) is 1. The molecular formula is C13H11Cl2N3O2. The fraction of sp³-hybridized carbons (Fsp3) is 0.154. The van der Waals surface area contributed by atoms with Gasteiger partial charge in [0.25, 0.3) is 0 Å². The molecule has 0 saturated carbocycles. The van der Waals surface area contributed by atoms with Crippen LogP contribution in [0.3, 0.4) is 0 Å². The van der Waals surface area contributed by atoms with E-state index in [0.29, 0.717) is 18.1 Å². The minimum atomic E-state index is -1.08. The number of hydrogen-bond acceptors (Lipinski definition) is 4. The second-order valence-electron chi connectivity index (χ2n) is 3.90. The minimum Gasteiger partial charge on any atom is -0.478 e. The molecule has 7 heteroatoms. The van der Waals surface area contributed by atoms with Gasteiger partial charge in [-0.25, -0.2) is 14.8 Å². The van der Waals surface area contributed by atoms with E-state index in [0.717, 1.165) is 0 Å². The highest BCUT2D eigenvalue weighted by Crippen LogP contribution is 2.28. The number of anilines is 2. The normalized spacial score (nSPS) is 10.3. The van der Waals surface area contributed by atoms with E-state index < -0.39 is 5.97 Å². The van der Waals surface area contributed by atoms with Crippen LogP contribution in [0.1, 0.15) is 17.3 Å². The first-order valence-corrected chi connectivity index (χ1v) is 6.57. The molecule has 2 aromatic rings. The number of halogens is 2. The van der Waals surface area contributed by atoms with Crippen molar-refractivity contribution >= 4 is 40.7 Å². The molecule has 0 saturated heterocycles. The number of rotatable bonds is 4. The van der Waals surface area contributed by atoms with Gasteiger partial charge in [0.1, 0.15) is 5.82 Å². The lowest BCUT2D eigenvalue weighted by molar-refractivity contribution is 0.0697. The number of aromatic carboxylic acids is 1. The average Bonchev–Trinajstić information content (AvgIpc) is 2.41. The van der Waals surface area contributed by atoms with E-state index in [1.54, 1.807) is 24.4 Å². The lowest BCUT2D eigenvalue weighted by atomic mass is 10.2. The van der Waals surface area contributed by atoms with Crippen molar-refractivity contribution in [2.24, 2.45) is 0 Å². The van der Waals surface area contributed by atoms with Crippen molar-refractivity contribution in [1.29, 1.82) is 0 Å². The van der Waals surface area contributed by atoms with Gasteiger partial charge in [0.2, 0.25) is 5.28 Å². The van der Waals surface area contributed by atoms with Crippen LogP contribution < -0.4 is 4.90 Å². The zero-order valence-electron chi connectivity index (χ0n) is 10.5. The smallest absolute Gasteiger partial charge is 0.337 e. The van der Waals surface area contributed by atoms with Crippen LogP contribution in [-0.2, 0) is 0 Å². The summed E-state index contributed by atoms with van der Waals surface area (Å²) in [6, 6.07) is 6.48. The fourth-order valence-corrected chi connectivity index (χ4v) is 2.14. The Bertz CT molecular complexity index is 649. The summed E-state index contributed by atoms with van der Waals surface area (Å²) in [6.45, 7) is 2.51. The molecule has 0 fully saturated rings. The van der Waals surface area contributed by atoms with E-state index in [9.17, 15) is 4.79 Å². The molecule has 20 heavy (non-hydrogen) atoms. The third-order valence-electron chi connectivity index (χ3n) is 2.70. The molecule has 5 nitrogen and oxygen atoms in total. The summed E-state index contributed by atoms with van der Waals surface area (Å²) in [4.78, 5) is 20.9. The van der Waals surface area contributed by atoms with Crippen LogP contribution in [-0.4, -0.2) is 27.6 Å². The van der Waals surface area contributed by atoms with Crippen LogP contribution >= 0.6 is 23.2 Å². The van der Waals surface area contributed by atoms with Gasteiger partial charge in [-0.05, 0) is 42.8 Å². The van der Waals surface area contributed by atoms with E-state index in [-0.39, 0.29) is 15.9 Å². The van der Waals surface area contributed by atoms with E-state index in [4.69, 9.17) is 28.3 Å². The molecule has 0 aliphatic rings. The van der Waals surface area contributed by atoms with Crippen molar-refractivity contribution in [2.45, 2.75) is 6.92 Å². The molecule has 0 amide bonds. The molecule has 0 aliphatic carbocycles. The Morgan fingerprint density at radius 3 is 2.70 bits per heavy atom. The average molecular weight is 312 g/mol. The highest BCUT2D eigenvalue weighted by molar-refractivity contribution is 6.33. The van der Waals surface area contributed by atoms with Gasteiger partial charge in [-0.15, -0.1) is 0 Å². The van der Waals surface area contributed by atoms with Gasteiger partial charge in [0.05, 0.1) is 10.6 Å². The van der Waals surface area contributed by atoms with Crippen molar-refractivity contribution in [3.8, 4) is 0 Å². The highest BCUT2D eigenvalue weighted by Gasteiger charge is 2.14. The molecule has 1 heterocycles. The molecule has 0 atom stereocenters. The third-order valence-corrected chi connectivity index (χ3v) is 3.21. The standard InChI is InChI=1S/C13H11Cl2N3O2/c1-2-18(11-5-6-16-13(15)17-11)8-3-4-10(14)9(7-8)12(19)20/h3-7H,2H2,1H3,(H,19,20). The maximum Gasteiger partial charge on any atom is 0.337 e. The fourth-order valence-electron chi connectivity index (χ4n) is 1.80. The highest BCUT2D eigenvalue weighted by atomic mass is 35.5. The van der Waals surface area contributed by atoms with E-state index in [1.165, 1.54) is 6.07 Å². The summed E-state index contributed by atoms with van der Waals surface area (Å²) < 4.78 is 0. The molecule has 1 N–H and O–H groups in total. The van der Waals surface area contributed by atoms with Crippen LogP contribution in [0.15, 0.2) is 30.5 Å². The van der Waals surface area contributed by atoms with Crippen molar-refractivity contribution in [2.75, 3.05) is 11.4 Å². The quantitative estimate of drug-likeness (QED) is 0.873. The van der Waals surface area contributed by atoms with E-state index in [2.05, 4.69) is 9.97 Å². The molecule has 1 aromatic heterocycles. The predicted octanol–water partition coefficient (Wildman–Crippen LogP) is 3.64. The van der Waals surface area contributed by atoms with Gasteiger partial charge < -0.3 is 10.0 Å². The zero-order chi connectivity index (χ0) is 14.7. The SMILES string of the molecule is CCN(c1ccc(Cl)c(C(=O)O)c1)c1ccnc(Cl)n1. The Morgan fingerprint density at radius 2 is 2.10 bits per heavy atom. The molecular weight excluding hydrogens is 301 g/mol. The largest absolute Gasteiger partial charge is 0.478 e. The zero-order valence-corrected chi connectivity index (χ0v) is 12.1. The van der Waals surface area contributed by atoms with Crippen molar-refractivity contribution in [3.63, 3.8) is 0 Å². The van der Waals surface area contributed by atoms with Gasteiger partial charge in [-0.1, -0.05) is 11.6 Å². The molecule has 0 spiro atoms. The second-order valence-corrected chi connectivity index (χ2v) is 4.64. The van der Waals surface area contributed by atoms with E-state index in [1.807, 2.05) is 11.8 Å². The number of carbonyl (C=O) groups is 1. The van der Waals surface area contributed by atoms with Crippen LogP contribution in [0.2, 0.25) is 10.3 Å². The first-order valence-electron chi connectivity index (χ1n) is 5.82. The molecule has 104 valence electrons. The van der Waals surface area contributed by atoms with Gasteiger partial charge in [-0.3, -0.25) is 0 Å². The number of nitrogens with zero attached hydrogens (tertiary/aromatic N) is 3. The maximum absolute atomic E-state index is 11.1. The third kappa shape index (κ3) is 3.00. The van der Waals surface area contributed by atoms with E-state index >= 15 is 0 Å². The summed E-state index contributed by atoms with van der Waals surface area (Å²) in [7, 11) is 0. The Morgan fingerprint density at radius 1 is 1.35 bits per heavy atom. The number of hydrogen-bond donors (Lipinski definition) is 1. The molecule has 0 unspecified atom stereocenters. The molecule has 1 aromatic carbocycles. The molecule has 0 radical (unpaired) electrons. The van der Waals surface area contributed by atoms with Gasteiger partial charge in [-0.2, -0.15) is 0 Å². The first kappa shape index (κ1) is 14.6. The summed E-state index contributed by atoms with van der Waals surface area (Å²) in [6.07, 6.45) is 1.54. The number of aromatic nitrogens is 2. The minimum absolute atomic E-state index is 0.0442. The lowest BCUT2D eigenvalue weighted by Crippen LogP contribution is -2.18. The van der Waals surface area contributed by atoms with Crippen LogP contribution in [0.25, 0.3) is 0 Å². The topological polar surface area (TPSA) is 66.3 Å². The van der Waals surface area contributed by atoms with Gasteiger partial charge in [0.15, 0.2) is 0 Å². The maximum atomic E-state index is 11.1. The Labute approximate surface area is 125 Å². The van der Waals surface area contributed by atoms with Crippen LogP contribution in [0, 0.1) is 0 Å². The van der Waals surface area contributed by atoms with Crippen molar-refractivity contribution in [1.82, 2.24) is 9.97 Å². The molecule has 2 rings (SSSR count). The van der Waals surface area contributed by atoms with Gasteiger partial charge >= 0.3 is 5.97 Å². The Hall–Kier alpha value is -1.85. The summed E-state index contributed by atoms with van der Waals surface area (Å²) in [5.41, 5.74) is 0.715. The Kier molecular flexibility index (Phi) is 4.42. The number of benzene rings is 1. The van der Waals surface area contributed by atoms with Gasteiger partial charge in [0, 0.05) is 18.4 Å². The molecule has 0 bridgehead atoms. The Balaban J connectivity index is 2.47. The summed E-state index contributed by atoms with van der Waals surface area (Å²) in [5.74, 6) is -0.486. The second kappa shape index (κ2) is 6.07. The monoisotopic (exact) mass is 311 g/mol. The predicted molar refractivity (Wildman–Crippen MR) is 78.1 cm³/mol. The molecule has 0 aliphatic heterocycles.